The van der Waals surface area contributed by atoms with E-state index in [0.717, 1.165) is 53.5 Å². The van der Waals surface area contributed by atoms with Crippen molar-refractivity contribution >= 4 is 22.4 Å². The van der Waals surface area contributed by atoms with Gasteiger partial charge in [0.25, 0.3) is 11.5 Å². The first kappa shape index (κ1) is 23.4. The standard InChI is InChI=1S/C22H18F3N5O3S/c1-30-11-15(13-8-17(22(23,24)25)26-10-16(13)33-2)14(9-19(30)31)20(32)27-21-29-28-18(34-21)7-6-12-4-3-5-12/h8-12H,3-5H2,1-2H3,(H,27,29,32). The predicted octanol–water partition coefficient (Wildman–Crippen LogP) is 3.73. The lowest BCUT2D eigenvalue weighted by Gasteiger charge is -2.18. The lowest BCUT2D eigenvalue weighted by molar-refractivity contribution is -0.141. The fourth-order valence-electron chi connectivity index (χ4n) is 3.21. The van der Waals surface area contributed by atoms with Crippen LogP contribution < -0.4 is 15.6 Å². The van der Waals surface area contributed by atoms with E-state index in [4.69, 9.17) is 4.74 Å². The molecule has 0 aromatic carbocycles. The Morgan fingerprint density at radius 2 is 2.03 bits per heavy atom. The molecule has 1 fully saturated rings. The van der Waals surface area contributed by atoms with Gasteiger partial charge in [0, 0.05) is 36.4 Å². The molecule has 1 aliphatic carbocycles. The first-order valence-corrected chi connectivity index (χ1v) is 11.0. The van der Waals surface area contributed by atoms with Gasteiger partial charge in [-0.3, -0.25) is 14.9 Å². The summed E-state index contributed by atoms with van der Waals surface area (Å²) in [6.07, 6.45) is 0.731. The van der Waals surface area contributed by atoms with E-state index in [-0.39, 0.29) is 27.6 Å². The molecule has 0 saturated heterocycles. The maximum Gasteiger partial charge on any atom is 0.433 e. The number of aromatic nitrogens is 4. The zero-order chi connectivity index (χ0) is 24.5. The van der Waals surface area contributed by atoms with Gasteiger partial charge in [0.1, 0.15) is 11.4 Å². The van der Waals surface area contributed by atoms with Gasteiger partial charge in [0.15, 0.2) is 5.01 Å². The Hall–Kier alpha value is -3.72. The summed E-state index contributed by atoms with van der Waals surface area (Å²) in [6.45, 7) is 0. The largest absolute Gasteiger partial charge is 0.494 e. The molecule has 1 saturated carbocycles. The minimum absolute atomic E-state index is 0.00479. The molecule has 4 rings (SSSR count). The molecule has 0 aliphatic heterocycles. The molecular weight excluding hydrogens is 471 g/mol. The zero-order valence-electron chi connectivity index (χ0n) is 18.1. The fourth-order valence-corrected chi connectivity index (χ4v) is 3.81. The Morgan fingerprint density at radius 1 is 1.26 bits per heavy atom. The van der Waals surface area contributed by atoms with Crippen LogP contribution in [0, 0.1) is 17.8 Å². The molecular formula is C22H18F3N5O3S. The average molecular weight is 489 g/mol. The number of hydrogen-bond acceptors (Lipinski definition) is 7. The highest BCUT2D eigenvalue weighted by atomic mass is 32.1. The molecule has 8 nitrogen and oxygen atoms in total. The molecule has 0 bridgehead atoms. The smallest absolute Gasteiger partial charge is 0.433 e. The number of pyridine rings is 2. The van der Waals surface area contributed by atoms with Gasteiger partial charge < -0.3 is 9.30 Å². The highest BCUT2D eigenvalue weighted by molar-refractivity contribution is 7.15. The molecule has 176 valence electrons. The monoisotopic (exact) mass is 489 g/mol. The maximum atomic E-state index is 13.3. The zero-order valence-corrected chi connectivity index (χ0v) is 18.9. The van der Waals surface area contributed by atoms with Gasteiger partial charge in [-0.1, -0.05) is 23.7 Å². The van der Waals surface area contributed by atoms with E-state index >= 15 is 0 Å². The van der Waals surface area contributed by atoms with Gasteiger partial charge in [-0.15, -0.1) is 10.2 Å². The Kier molecular flexibility index (Phi) is 6.39. The Morgan fingerprint density at radius 3 is 2.68 bits per heavy atom. The summed E-state index contributed by atoms with van der Waals surface area (Å²) in [5, 5.41) is 10.9. The van der Waals surface area contributed by atoms with Crippen LogP contribution >= 0.6 is 11.3 Å². The number of nitrogens with zero attached hydrogens (tertiary/aromatic N) is 4. The number of aryl methyl sites for hydroxylation is 1. The summed E-state index contributed by atoms with van der Waals surface area (Å²) < 4.78 is 46.2. The van der Waals surface area contributed by atoms with E-state index in [1.54, 1.807) is 0 Å². The number of ether oxygens (including phenoxy) is 1. The Labute approximate surface area is 195 Å². The summed E-state index contributed by atoms with van der Waals surface area (Å²) in [4.78, 5) is 28.7. The van der Waals surface area contributed by atoms with Crippen LogP contribution in [-0.2, 0) is 13.2 Å². The third-order valence-corrected chi connectivity index (χ3v) is 6.03. The third kappa shape index (κ3) is 4.94. The van der Waals surface area contributed by atoms with E-state index in [1.165, 1.54) is 20.4 Å². The molecule has 3 heterocycles. The minimum atomic E-state index is -4.71. The number of methoxy groups -OCH3 is 1. The third-order valence-electron chi connectivity index (χ3n) is 5.27. The number of alkyl halides is 3. The molecule has 0 atom stereocenters. The van der Waals surface area contributed by atoms with E-state index in [2.05, 4.69) is 32.3 Å². The quantitative estimate of drug-likeness (QED) is 0.561. The van der Waals surface area contributed by atoms with Gasteiger partial charge in [0.05, 0.1) is 18.9 Å². The van der Waals surface area contributed by atoms with Gasteiger partial charge in [-0.2, -0.15) is 13.2 Å². The topological polar surface area (TPSA) is 99.0 Å². The molecule has 0 unspecified atom stereocenters. The van der Waals surface area contributed by atoms with E-state index < -0.39 is 23.3 Å². The van der Waals surface area contributed by atoms with Crippen molar-refractivity contribution in [2.24, 2.45) is 13.0 Å². The first-order chi connectivity index (χ1) is 16.2. The Balaban J connectivity index is 1.70. The van der Waals surface area contributed by atoms with E-state index in [1.807, 2.05) is 0 Å². The summed E-state index contributed by atoms with van der Waals surface area (Å²) in [6, 6.07) is 1.81. The van der Waals surface area contributed by atoms with Crippen molar-refractivity contribution in [2.75, 3.05) is 12.4 Å². The number of carbonyl (C=O) groups excluding carboxylic acids is 1. The van der Waals surface area contributed by atoms with Crippen LogP contribution in [0.15, 0.2) is 29.3 Å². The van der Waals surface area contributed by atoms with Gasteiger partial charge in [0.2, 0.25) is 5.13 Å². The average Bonchev–Trinajstić information content (AvgIpc) is 3.20. The molecule has 3 aromatic heterocycles. The Bertz CT molecular complexity index is 1370. The minimum Gasteiger partial charge on any atom is -0.494 e. The van der Waals surface area contributed by atoms with Crippen molar-refractivity contribution in [1.29, 1.82) is 0 Å². The van der Waals surface area contributed by atoms with Crippen LogP contribution in [0.5, 0.6) is 5.75 Å². The summed E-state index contributed by atoms with van der Waals surface area (Å²) >= 11 is 1.06. The summed E-state index contributed by atoms with van der Waals surface area (Å²) in [5.41, 5.74) is -1.84. The van der Waals surface area contributed by atoms with Crippen molar-refractivity contribution in [1.82, 2.24) is 19.7 Å². The number of anilines is 1. The first-order valence-electron chi connectivity index (χ1n) is 10.1. The van der Waals surface area contributed by atoms with Gasteiger partial charge in [-0.05, 0) is 24.8 Å². The number of rotatable bonds is 4. The number of carbonyl (C=O) groups is 1. The summed E-state index contributed by atoms with van der Waals surface area (Å²) in [5.74, 6) is 5.64. The molecule has 3 aromatic rings. The second-order valence-corrected chi connectivity index (χ2v) is 8.56. The van der Waals surface area contributed by atoms with Crippen LogP contribution in [-0.4, -0.2) is 32.8 Å². The van der Waals surface area contributed by atoms with Crippen molar-refractivity contribution in [2.45, 2.75) is 25.4 Å². The van der Waals surface area contributed by atoms with E-state index in [9.17, 15) is 22.8 Å². The van der Waals surface area contributed by atoms with Crippen molar-refractivity contribution < 1.29 is 22.7 Å². The molecule has 1 aliphatic rings. The molecule has 0 spiro atoms. The maximum absolute atomic E-state index is 13.3. The SMILES string of the molecule is COc1cnc(C(F)(F)F)cc1-c1cn(C)c(=O)cc1C(=O)Nc1nnc(C#CC2CCC2)s1. The second kappa shape index (κ2) is 9.26. The predicted molar refractivity (Wildman–Crippen MR) is 119 cm³/mol. The van der Waals surface area contributed by atoms with Gasteiger partial charge in [-0.25, -0.2) is 4.98 Å². The highest BCUT2D eigenvalue weighted by Crippen LogP contribution is 2.37. The van der Waals surface area contributed by atoms with Crippen molar-refractivity contribution in [3.05, 3.63) is 51.1 Å². The number of nitrogens with one attached hydrogen (secondary N) is 1. The van der Waals surface area contributed by atoms with Crippen LogP contribution in [0.2, 0.25) is 0 Å². The highest BCUT2D eigenvalue weighted by Gasteiger charge is 2.34. The molecule has 1 N–H and O–H groups in total. The van der Waals surface area contributed by atoms with Crippen LogP contribution in [0.1, 0.15) is 40.3 Å². The second-order valence-electron chi connectivity index (χ2n) is 7.58. The van der Waals surface area contributed by atoms with E-state index in [0.29, 0.717) is 10.9 Å². The molecule has 0 radical (unpaired) electrons. The number of halogens is 3. The van der Waals surface area contributed by atoms with Crippen molar-refractivity contribution in [3.63, 3.8) is 0 Å². The van der Waals surface area contributed by atoms with Crippen molar-refractivity contribution in [3.8, 4) is 28.7 Å². The molecule has 1 amide bonds. The lowest BCUT2D eigenvalue weighted by Crippen LogP contribution is -2.22. The fraction of sp³-hybridized carbons (Fsp3) is 0.318. The number of hydrogen-bond donors (Lipinski definition) is 1. The van der Waals surface area contributed by atoms with Crippen LogP contribution in [0.25, 0.3) is 11.1 Å². The molecule has 34 heavy (non-hydrogen) atoms. The number of amides is 1. The van der Waals surface area contributed by atoms with Crippen LogP contribution in [0.4, 0.5) is 18.3 Å². The lowest BCUT2D eigenvalue weighted by atomic mass is 9.86. The van der Waals surface area contributed by atoms with Crippen LogP contribution in [0.3, 0.4) is 0 Å². The normalized spacial score (nSPS) is 13.6. The molecule has 12 heteroatoms. The summed E-state index contributed by atoms with van der Waals surface area (Å²) in [7, 11) is 2.69. The van der Waals surface area contributed by atoms with Gasteiger partial charge >= 0.3 is 6.18 Å².